The summed E-state index contributed by atoms with van der Waals surface area (Å²) in [6.07, 6.45) is -0.834. The van der Waals surface area contributed by atoms with E-state index in [2.05, 4.69) is 19.7 Å². The fraction of sp³-hybridized carbons (Fsp3) is 0.480. The SMILES string of the molecule is CC.Nc1cc(OC(F)(F)F)ccc1C(=O)N1CCC(c2ccnc3nc(C4CCS(=O)C4)[nH]c23)CC1. The van der Waals surface area contributed by atoms with Gasteiger partial charge in [-0.2, -0.15) is 0 Å². The minimum Gasteiger partial charge on any atom is -0.406 e. The van der Waals surface area contributed by atoms with Gasteiger partial charge in [-0.15, -0.1) is 13.2 Å². The standard InChI is InChI=1S/C23H24F3N5O3S.C2H6/c24-23(25,26)34-15-1-2-17(18(27)11-15)22(32)31-8-4-13(5-9-31)16-3-7-28-21-19(16)29-20(30-21)14-6-10-35(33)12-14;1-2/h1-3,7,11,13-14H,4-6,8-10,12,27H2,(H,28,29,30);1-2H3. The predicted octanol–water partition coefficient (Wildman–Crippen LogP) is 4.72. The molecular weight excluding hydrogens is 507 g/mol. The normalized spacial score (nSPS) is 20.5. The zero-order valence-electron chi connectivity index (χ0n) is 20.7. The molecule has 0 bridgehead atoms. The van der Waals surface area contributed by atoms with E-state index >= 15 is 0 Å². The van der Waals surface area contributed by atoms with E-state index in [-0.39, 0.29) is 29.0 Å². The molecule has 1 amide bonds. The minimum absolute atomic E-state index is 0.0625. The Morgan fingerprint density at radius 3 is 2.51 bits per heavy atom. The highest BCUT2D eigenvalue weighted by molar-refractivity contribution is 7.85. The van der Waals surface area contributed by atoms with Crippen molar-refractivity contribution in [2.75, 3.05) is 30.3 Å². The lowest BCUT2D eigenvalue weighted by atomic mass is 9.89. The van der Waals surface area contributed by atoms with Gasteiger partial charge in [0.15, 0.2) is 5.65 Å². The molecule has 5 rings (SSSR count). The van der Waals surface area contributed by atoms with Gasteiger partial charge < -0.3 is 20.4 Å². The van der Waals surface area contributed by atoms with Gasteiger partial charge in [-0.3, -0.25) is 9.00 Å². The molecular formula is C25H30F3N5O3S. The van der Waals surface area contributed by atoms with Crippen LogP contribution in [0.4, 0.5) is 18.9 Å². The van der Waals surface area contributed by atoms with Crippen LogP contribution in [0.15, 0.2) is 30.5 Å². The minimum atomic E-state index is -4.83. The molecule has 3 aromatic rings. The number of benzene rings is 1. The molecule has 1 aromatic carbocycles. The Morgan fingerprint density at radius 2 is 1.89 bits per heavy atom. The number of carbonyl (C=O) groups excluding carboxylic acids is 1. The molecule has 8 nitrogen and oxygen atoms in total. The Morgan fingerprint density at radius 1 is 1.16 bits per heavy atom. The number of aromatic nitrogens is 3. The number of anilines is 1. The molecule has 0 saturated carbocycles. The molecule has 4 heterocycles. The number of halogens is 3. The number of carbonyl (C=O) groups is 1. The van der Waals surface area contributed by atoms with Gasteiger partial charge in [0.05, 0.1) is 11.1 Å². The maximum atomic E-state index is 13.0. The highest BCUT2D eigenvalue weighted by atomic mass is 32.2. The van der Waals surface area contributed by atoms with Crippen LogP contribution >= 0.6 is 0 Å². The molecule has 200 valence electrons. The van der Waals surface area contributed by atoms with Crippen molar-refractivity contribution in [3.05, 3.63) is 47.4 Å². The van der Waals surface area contributed by atoms with Crippen molar-refractivity contribution >= 4 is 33.6 Å². The number of amides is 1. The zero-order valence-corrected chi connectivity index (χ0v) is 21.5. The van der Waals surface area contributed by atoms with Crippen LogP contribution in [0.5, 0.6) is 5.75 Å². The quantitative estimate of drug-likeness (QED) is 0.466. The Bertz CT molecular complexity index is 1290. The van der Waals surface area contributed by atoms with E-state index < -0.39 is 22.9 Å². The Labute approximate surface area is 215 Å². The number of alkyl halides is 3. The fourth-order valence-electron chi connectivity index (χ4n) is 4.86. The van der Waals surface area contributed by atoms with E-state index in [1.807, 2.05) is 19.9 Å². The van der Waals surface area contributed by atoms with Crippen molar-refractivity contribution in [2.24, 2.45) is 0 Å². The van der Waals surface area contributed by atoms with E-state index in [1.165, 1.54) is 6.07 Å². The number of hydrogen-bond donors (Lipinski definition) is 2. The van der Waals surface area contributed by atoms with E-state index in [0.29, 0.717) is 43.1 Å². The Kier molecular flexibility index (Phi) is 8.05. The van der Waals surface area contributed by atoms with Crippen LogP contribution in [0.25, 0.3) is 11.2 Å². The number of hydrogen-bond acceptors (Lipinski definition) is 6. The average Bonchev–Trinajstić information content (AvgIpc) is 3.50. The number of pyridine rings is 1. The molecule has 2 unspecified atom stereocenters. The molecule has 0 aliphatic carbocycles. The Balaban J connectivity index is 0.00000156. The Hall–Kier alpha value is -3.15. The third-order valence-electron chi connectivity index (χ3n) is 6.62. The summed E-state index contributed by atoms with van der Waals surface area (Å²) in [5, 5.41) is 0. The summed E-state index contributed by atoms with van der Waals surface area (Å²) in [5.74, 6) is 1.68. The van der Waals surface area contributed by atoms with Crippen LogP contribution in [-0.2, 0) is 10.8 Å². The van der Waals surface area contributed by atoms with E-state index in [1.54, 1.807) is 11.1 Å². The lowest BCUT2D eigenvalue weighted by Crippen LogP contribution is -2.38. The molecule has 12 heteroatoms. The van der Waals surface area contributed by atoms with Crippen LogP contribution in [0, 0.1) is 0 Å². The predicted molar refractivity (Wildman–Crippen MR) is 136 cm³/mol. The number of imidazole rings is 1. The van der Waals surface area contributed by atoms with Crippen LogP contribution < -0.4 is 10.5 Å². The summed E-state index contributed by atoms with van der Waals surface area (Å²) in [7, 11) is -0.801. The first-order chi connectivity index (χ1) is 17.7. The third kappa shape index (κ3) is 6.06. The number of H-pyrrole nitrogens is 1. The molecule has 2 atom stereocenters. The number of likely N-dealkylation sites (tertiary alicyclic amines) is 1. The molecule has 2 fully saturated rings. The molecule has 2 saturated heterocycles. The molecule has 0 radical (unpaired) electrons. The van der Waals surface area contributed by atoms with Gasteiger partial charge in [0.25, 0.3) is 5.91 Å². The number of nitrogens with one attached hydrogen (secondary N) is 1. The molecule has 2 aliphatic heterocycles. The number of nitrogens with two attached hydrogens (primary N) is 1. The largest absolute Gasteiger partial charge is 0.573 e. The first kappa shape index (κ1) is 26.9. The van der Waals surface area contributed by atoms with Crippen LogP contribution in [0.3, 0.4) is 0 Å². The number of aromatic amines is 1. The highest BCUT2D eigenvalue weighted by Crippen LogP contribution is 2.34. The summed E-state index contributed by atoms with van der Waals surface area (Å²) < 4.78 is 53.0. The van der Waals surface area contributed by atoms with Crippen LogP contribution in [0.2, 0.25) is 0 Å². The van der Waals surface area contributed by atoms with Crippen molar-refractivity contribution < 1.29 is 26.9 Å². The van der Waals surface area contributed by atoms with Gasteiger partial charge in [-0.05, 0) is 48.9 Å². The second-order valence-electron chi connectivity index (χ2n) is 8.88. The summed E-state index contributed by atoms with van der Waals surface area (Å²) in [5.41, 5.74) is 8.56. The van der Waals surface area contributed by atoms with Crippen LogP contribution in [0.1, 0.15) is 66.7 Å². The second-order valence-corrected chi connectivity index (χ2v) is 10.5. The van der Waals surface area contributed by atoms with Crippen molar-refractivity contribution in [1.29, 1.82) is 0 Å². The number of ether oxygens (including phenoxy) is 1. The summed E-state index contributed by atoms with van der Waals surface area (Å²) in [6, 6.07) is 5.33. The van der Waals surface area contributed by atoms with E-state index in [4.69, 9.17) is 5.73 Å². The van der Waals surface area contributed by atoms with Crippen molar-refractivity contribution in [3.63, 3.8) is 0 Å². The van der Waals surface area contributed by atoms with E-state index in [9.17, 15) is 22.2 Å². The molecule has 3 N–H and O–H groups in total. The number of piperidine rings is 1. The molecule has 2 aliphatic rings. The van der Waals surface area contributed by atoms with Gasteiger partial charge >= 0.3 is 6.36 Å². The van der Waals surface area contributed by atoms with E-state index in [0.717, 1.165) is 35.5 Å². The molecule has 37 heavy (non-hydrogen) atoms. The monoisotopic (exact) mass is 537 g/mol. The number of rotatable bonds is 4. The lowest BCUT2D eigenvalue weighted by molar-refractivity contribution is -0.274. The third-order valence-corrected chi connectivity index (χ3v) is 8.08. The van der Waals surface area contributed by atoms with Gasteiger partial charge in [0.1, 0.15) is 11.6 Å². The number of nitrogens with zero attached hydrogens (tertiary/aromatic N) is 3. The summed E-state index contributed by atoms with van der Waals surface area (Å²) >= 11 is 0. The van der Waals surface area contributed by atoms with Gasteiger partial charge in [0, 0.05) is 59.3 Å². The van der Waals surface area contributed by atoms with Gasteiger partial charge in [-0.25, -0.2) is 9.97 Å². The highest BCUT2D eigenvalue weighted by Gasteiger charge is 2.32. The van der Waals surface area contributed by atoms with Gasteiger partial charge in [-0.1, -0.05) is 13.8 Å². The summed E-state index contributed by atoms with van der Waals surface area (Å²) in [4.78, 5) is 27.1. The maximum Gasteiger partial charge on any atom is 0.573 e. The number of fused-ring (bicyclic) bond motifs is 1. The second kappa shape index (κ2) is 11.1. The lowest BCUT2D eigenvalue weighted by Gasteiger charge is -2.32. The van der Waals surface area contributed by atoms with Crippen molar-refractivity contribution in [3.8, 4) is 5.75 Å². The molecule has 0 spiro atoms. The number of nitrogen functional groups attached to an aromatic ring is 1. The topological polar surface area (TPSA) is 114 Å². The zero-order chi connectivity index (χ0) is 26.7. The average molecular weight is 538 g/mol. The first-order valence-electron chi connectivity index (χ1n) is 12.3. The van der Waals surface area contributed by atoms with Gasteiger partial charge in [0.2, 0.25) is 0 Å². The van der Waals surface area contributed by atoms with Crippen molar-refractivity contribution in [1.82, 2.24) is 19.9 Å². The molecule has 2 aromatic heterocycles. The maximum absolute atomic E-state index is 13.0. The van der Waals surface area contributed by atoms with Crippen LogP contribution in [-0.4, -0.2) is 60.9 Å². The first-order valence-corrected chi connectivity index (χ1v) is 13.8. The van der Waals surface area contributed by atoms with Crippen molar-refractivity contribution in [2.45, 2.75) is 51.3 Å². The summed E-state index contributed by atoms with van der Waals surface area (Å²) in [6.45, 7) is 4.96. The fourth-order valence-corrected chi connectivity index (χ4v) is 6.35. The smallest absolute Gasteiger partial charge is 0.406 e.